The third kappa shape index (κ3) is 4.30. The third-order valence-electron chi connectivity index (χ3n) is 1.83. The van der Waals surface area contributed by atoms with Gasteiger partial charge in [-0.2, -0.15) is 13.2 Å². The first-order valence-electron chi connectivity index (χ1n) is 4.23. The smallest absolute Gasteiger partial charge is 0.404 e. The fourth-order valence-electron chi connectivity index (χ4n) is 1.22. The Morgan fingerprint density at radius 2 is 2.06 bits per heavy atom. The van der Waals surface area contributed by atoms with Crippen molar-refractivity contribution in [2.75, 3.05) is 13.7 Å². The van der Waals surface area contributed by atoms with Crippen molar-refractivity contribution in [2.45, 2.75) is 13.1 Å². The molecule has 0 saturated carbocycles. The van der Waals surface area contributed by atoms with Crippen molar-refractivity contribution in [3.8, 4) is 0 Å². The van der Waals surface area contributed by atoms with E-state index in [1.807, 2.05) is 0 Å². The van der Waals surface area contributed by atoms with Crippen LogP contribution in [-0.4, -0.2) is 24.7 Å². The molecule has 1 radical (unpaired) electrons. The standard InChI is InChI=1S/C10H11F3NO.Y/c1-7-4-9(15-3)8(2)14(5-7)6-10(11,12)13;/h4H,2,6H2,1,3H3;/q-1;. The summed E-state index contributed by atoms with van der Waals surface area (Å²) in [5, 5.41) is 0. The molecule has 0 aromatic heterocycles. The number of ether oxygens (including phenoxy) is 1. The van der Waals surface area contributed by atoms with E-state index in [1.54, 1.807) is 13.0 Å². The molecule has 16 heavy (non-hydrogen) atoms. The average molecular weight is 307 g/mol. The van der Waals surface area contributed by atoms with Gasteiger partial charge in [-0.1, -0.05) is 13.1 Å². The van der Waals surface area contributed by atoms with Crippen molar-refractivity contribution in [3.05, 3.63) is 35.9 Å². The van der Waals surface area contributed by atoms with Crippen LogP contribution in [0.3, 0.4) is 0 Å². The summed E-state index contributed by atoms with van der Waals surface area (Å²) in [4.78, 5) is 0.911. The Labute approximate surface area is 118 Å². The summed E-state index contributed by atoms with van der Waals surface area (Å²) >= 11 is 0. The van der Waals surface area contributed by atoms with Crippen molar-refractivity contribution in [3.63, 3.8) is 0 Å². The molecular formula is C10H11F3NOY-. The predicted molar refractivity (Wildman–Crippen MR) is 49.4 cm³/mol. The minimum absolute atomic E-state index is 0. The molecule has 0 N–H and O–H groups in total. The van der Waals surface area contributed by atoms with E-state index in [9.17, 15) is 13.2 Å². The van der Waals surface area contributed by atoms with Gasteiger partial charge < -0.3 is 9.64 Å². The molecule has 6 heteroatoms. The molecule has 0 spiro atoms. The van der Waals surface area contributed by atoms with Crippen LogP contribution in [0.1, 0.15) is 6.92 Å². The van der Waals surface area contributed by atoms with E-state index in [2.05, 4.69) is 12.8 Å². The summed E-state index contributed by atoms with van der Waals surface area (Å²) in [5.41, 5.74) is 0.740. The van der Waals surface area contributed by atoms with Gasteiger partial charge in [0.15, 0.2) is 0 Å². The summed E-state index contributed by atoms with van der Waals surface area (Å²) in [5.74, 6) is 0.329. The van der Waals surface area contributed by atoms with E-state index in [0.717, 1.165) is 4.90 Å². The van der Waals surface area contributed by atoms with Crippen molar-refractivity contribution in [1.82, 2.24) is 4.90 Å². The Morgan fingerprint density at radius 3 is 2.50 bits per heavy atom. The Balaban J connectivity index is 0.00000225. The number of alkyl halides is 3. The van der Waals surface area contributed by atoms with Crippen LogP contribution in [0.15, 0.2) is 29.7 Å². The minimum Gasteiger partial charge on any atom is -0.520 e. The molecule has 2 nitrogen and oxygen atoms in total. The van der Waals surface area contributed by atoms with Gasteiger partial charge in [-0.05, 0) is 5.70 Å². The molecule has 1 rings (SSSR count). The summed E-state index contributed by atoms with van der Waals surface area (Å²) in [6.07, 6.45) is -0.132. The maximum absolute atomic E-state index is 12.2. The molecule has 1 heterocycles. The quantitative estimate of drug-likeness (QED) is 0.727. The van der Waals surface area contributed by atoms with Gasteiger partial charge in [0, 0.05) is 38.5 Å². The maximum atomic E-state index is 12.2. The molecule has 0 aliphatic carbocycles. The van der Waals surface area contributed by atoms with E-state index in [4.69, 9.17) is 4.74 Å². The first-order chi connectivity index (χ1) is 6.83. The Kier molecular flexibility index (Phi) is 5.76. The van der Waals surface area contributed by atoms with E-state index in [0.29, 0.717) is 11.3 Å². The fourth-order valence-corrected chi connectivity index (χ4v) is 1.22. The molecule has 0 aromatic rings. The number of halogens is 3. The summed E-state index contributed by atoms with van der Waals surface area (Å²) in [6, 6.07) is 0. The maximum Gasteiger partial charge on any atom is 0.404 e. The first-order valence-corrected chi connectivity index (χ1v) is 4.23. The van der Waals surface area contributed by atoms with Crippen LogP contribution >= 0.6 is 0 Å². The Morgan fingerprint density at radius 1 is 1.50 bits per heavy atom. The van der Waals surface area contributed by atoms with Crippen LogP contribution in [0, 0.1) is 6.20 Å². The number of methoxy groups -OCH3 is 1. The summed E-state index contributed by atoms with van der Waals surface area (Å²) in [6.45, 7) is 4.06. The first kappa shape index (κ1) is 15.7. The number of nitrogens with zero attached hydrogens (tertiary/aromatic N) is 1. The van der Waals surface area contributed by atoms with Crippen LogP contribution < -0.4 is 0 Å². The van der Waals surface area contributed by atoms with E-state index in [-0.39, 0.29) is 38.4 Å². The van der Waals surface area contributed by atoms with Gasteiger partial charge >= 0.3 is 6.18 Å². The monoisotopic (exact) mass is 307 g/mol. The van der Waals surface area contributed by atoms with Crippen molar-refractivity contribution in [1.29, 1.82) is 0 Å². The molecule has 0 unspecified atom stereocenters. The molecule has 0 atom stereocenters. The largest absolute Gasteiger partial charge is 0.520 e. The van der Waals surface area contributed by atoms with Crippen LogP contribution in [0.5, 0.6) is 0 Å². The summed E-state index contributed by atoms with van der Waals surface area (Å²) in [7, 11) is 1.39. The number of allylic oxidation sites excluding steroid dienone is 2. The SMILES string of the molecule is C=C1C(OC)=CC(C)=[C-]N1CC(F)(F)F.[Y]. The zero-order chi connectivity index (χ0) is 11.6. The number of hydrogen-bond donors (Lipinski definition) is 0. The third-order valence-corrected chi connectivity index (χ3v) is 1.83. The van der Waals surface area contributed by atoms with Crippen molar-refractivity contribution < 1.29 is 50.6 Å². The molecule has 0 fully saturated rings. The predicted octanol–water partition coefficient (Wildman–Crippen LogP) is 2.61. The molecule has 0 saturated heterocycles. The minimum atomic E-state index is -4.29. The van der Waals surface area contributed by atoms with Crippen LogP contribution in [0.2, 0.25) is 0 Å². The molecule has 87 valence electrons. The van der Waals surface area contributed by atoms with Gasteiger partial charge in [0.05, 0.1) is 13.7 Å². The zero-order valence-corrected chi connectivity index (χ0v) is 11.9. The molecule has 0 bridgehead atoms. The average Bonchev–Trinajstić information content (AvgIpc) is 2.08. The second-order valence-electron chi connectivity index (χ2n) is 3.16. The van der Waals surface area contributed by atoms with Crippen molar-refractivity contribution in [2.24, 2.45) is 0 Å². The van der Waals surface area contributed by atoms with Crippen LogP contribution in [0.4, 0.5) is 13.2 Å². The van der Waals surface area contributed by atoms with Gasteiger partial charge in [0.1, 0.15) is 0 Å². The molecule has 1 aliphatic rings. The second kappa shape index (κ2) is 5.87. The van der Waals surface area contributed by atoms with E-state index in [1.165, 1.54) is 7.11 Å². The topological polar surface area (TPSA) is 12.5 Å². The van der Waals surface area contributed by atoms with Crippen LogP contribution in [-0.2, 0) is 37.4 Å². The molecular weight excluding hydrogens is 296 g/mol. The zero-order valence-electron chi connectivity index (χ0n) is 9.06. The van der Waals surface area contributed by atoms with Gasteiger partial charge in [-0.25, -0.2) is 0 Å². The van der Waals surface area contributed by atoms with Gasteiger partial charge in [-0.15, -0.1) is 18.2 Å². The number of hydrogen-bond acceptors (Lipinski definition) is 2. The Hall–Kier alpha value is -0.286. The van der Waals surface area contributed by atoms with Crippen LogP contribution in [0.25, 0.3) is 0 Å². The number of rotatable bonds is 2. The second-order valence-corrected chi connectivity index (χ2v) is 3.16. The van der Waals surface area contributed by atoms with E-state index < -0.39 is 12.7 Å². The summed E-state index contributed by atoms with van der Waals surface area (Å²) < 4.78 is 41.4. The molecule has 0 aromatic carbocycles. The van der Waals surface area contributed by atoms with Gasteiger partial charge in [0.2, 0.25) is 0 Å². The van der Waals surface area contributed by atoms with Crippen molar-refractivity contribution >= 4 is 0 Å². The normalized spacial score (nSPS) is 16.3. The van der Waals surface area contributed by atoms with Gasteiger partial charge in [0.25, 0.3) is 0 Å². The van der Waals surface area contributed by atoms with Gasteiger partial charge in [-0.3, -0.25) is 0 Å². The Bertz CT molecular complexity index is 333. The molecule has 0 amide bonds. The molecule has 1 aliphatic heterocycles. The van der Waals surface area contributed by atoms with E-state index >= 15 is 0 Å². The fraction of sp³-hybridized carbons (Fsp3) is 0.400.